The van der Waals surface area contributed by atoms with Crippen LogP contribution in [0.5, 0.6) is 0 Å². The number of benzene rings is 1. The molecule has 1 aromatic carbocycles. The zero-order chi connectivity index (χ0) is 14.2. The smallest absolute Gasteiger partial charge is 0.140 e. The zero-order valence-electron chi connectivity index (χ0n) is 12.3. The van der Waals surface area contributed by atoms with E-state index in [0.29, 0.717) is 6.04 Å². The van der Waals surface area contributed by atoms with E-state index < -0.39 is 0 Å². The Morgan fingerprint density at radius 3 is 2.90 bits per heavy atom. The normalized spacial score (nSPS) is 17.6. The SMILES string of the molecule is CN1CCC(n2ccnc2-c2cccc3[nH]ccc23)CC1. The molecule has 1 fully saturated rings. The Kier molecular flexibility index (Phi) is 3.04. The van der Waals surface area contributed by atoms with E-state index in [1.165, 1.54) is 29.3 Å². The van der Waals surface area contributed by atoms with Gasteiger partial charge in [-0.25, -0.2) is 4.98 Å². The monoisotopic (exact) mass is 280 g/mol. The Hall–Kier alpha value is -2.07. The molecule has 3 aromatic rings. The third-order valence-corrected chi connectivity index (χ3v) is 4.59. The van der Waals surface area contributed by atoms with E-state index in [1.54, 1.807) is 0 Å². The van der Waals surface area contributed by atoms with Gasteiger partial charge in [-0.15, -0.1) is 0 Å². The Morgan fingerprint density at radius 2 is 2.05 bits per heavy atom. The number of nitrogens with zero attached hydrogens (tertiary/aromatic N) is 3. The van der Waals surface area contributed by atoms with Crippen LogP contribution < -0.4 is 0 Å². The number of rotatable bonds is 2. The molecule has 2 aromatic heterocycles. The van der Waals surface area contributed by atoms with Crippen LogP contribution in [-0.4, -0.2) is 39.6 Å². The average molecular weight is 280 g/mol. The Labute approximate surface area is 124 Å². The van der Waals surface area contributed by atoms with Gasteiger partial charge in [0.1, 0.15) is 5.82 Å². The molecule has 4 rings (SSSR count). The maximum Gasteiger partial charge on any atom is 0.140 e. The molecule has 1 aliphatic heterocycles. The highest BCUT2D eigenvalue weighted by Gasteiger charge is 2.21. The summed E-state index contributed by atoms with van der Waals surface area (Å²) in [4.78, 5) is 10.3. The molecule has 4 heteroatoms. The van der Waals surface area contributed by atoms with Gasteiger partial charge in [0.05, 0.1) is 0 Å². The van der Waals surface area contributed by atoms with Crippen molar-refractivity contribution in [1.29, 1.82) is 0 Å². The van der Waals surface area contributed by atoms with Crippen LogP contribution in [0.2, 0.25) is 0 Å². The van der Waals surface area contributed by atoms with Crippen molar-refractivity contribution in [3.63, 3.8) is 0 Å². The summed E-state index contributed by atoms with van der Waals surface area (Å²) in [6.45, 7) is 2.33. The predicted octanol–water partition coefficient (Wildman–Crippen LogP) is 3.30. The number of aromatic amines is 1. The summed E-state index contributed by atoms with van der Waals surface area (Å²) < 4.78 is 2.37. The maximum absolute atomic E-state index is 4.65. The number of nitrogens with one attached hydrogen (secondary N) is 1. The summed E-state index contributed by atoms with van der Waals surface area (Å²) in [6.07, 6.45) is 8.46. The molecule has 0 unspecified atom stereocenters. The van der Waals surface area contributed by atoms with Crippen LogP contribution in [0.3, 0.4) is 0 Å². The molecule has 0 aliphatic carbocycles. The minimum Gasteiger partial charge on any atom is -0.361 e. The fourth-order valence-corrected chi connectivity index (χ4v) is 3.37. The lowest BCUT2D eigenvalue weighted by Crippen LogP contribution is -2.31. The number of likely N-dealkylation sites (tertiary alicyclic amines) is 1. The van der Waals surface area contributed by atoms with Gasteiger partial charge in [0.25, 0.3) is 0 Å². The Morgan fingerprint density at radius 1 is 1.19 bits per heavy atom. The molecule has 1 saturated heterocycles. The lowest BCUT2D eigenvalue weighted by atomic mass is 10.0. The van der Waals surface area contributed by atoms with Crippen molar-refractivity contribution in [2.75, 3.05) is 20.1 Å². The zero-order valence-corrected chi connectivity index (χ0v) is 12.3. The van der Waals surface area contributed by atoms with E-state index >= 15 is 0 Å². The van der Waals surface area contributed by atoms with Crippen LogP contribution >= 0.6 is 0 Å². The molecule has 21 heavy (non-hydrogen) atoms. The lowest BCUT2D eigenvalue weighted by Gasteiger charge is -2.30. The number of hydrogen-bond donors (Lipinski definition) is 1. The highest BCUT2D eigenvalue weighted by molar-refractivity contribution is 5.93. The largest absolute Gasteiger partial charge is 0.361 e. The van der Waals surface area contributed by atoms with Gasteiger partial charge in [-0.2, -0.15) is 0 Å². The molecule has 1 aliphatic rings. The topological polar surface area (TPSA) is 36.9 Å². The average Bonchev–Trinajstić information content (AvgIpc) is 3.16. The van der Waals surface area contributed by atoms with Gasteiger partial charge in [-0.05, 0) is 45.1 Å². The molecule has 0 saturated carbocycles. The van der Waals surface area contributed by atoms with Crippen molar-refractivity contribution in [2.24, 2.45) is 0 Å². The molecule has 4 nitrogen and oxygen atoms in total. The molecular weight excluding hydrogens is 260 g/mol. The Balaban J connectivity index is 1.77. The summed E-state index contributed by atoms with van der Waals surface area (Å²) in [5, 5.41) is 1.25. The van der Waals surface area contributed by atoms with Crippen molar-refractivity contribution >= 4 is 10.9 Å². The summed E-state index contributed by atoms with van der Waals surface area (Å²) in [7, 11) is 2.20. The second-order valence-corrected chi connectivity index (χ2v) is 5.94. The first-order valence-corrected chi connectivity index (χ1v) is 7.61. The molecule has 0 amide bonds. The predicted molar refractivity (Wildman–Crippen MR) is 85.3 cm³/mol. The lowest BCUT2D eigenvalue weighted by molar-refractivity contribution is 0.222. The number of piperidine rings is 1. The fourth-order valence-electron chi connectivity index (χ4n) is 3.37. The molecule has 3 heterocycles. The summed E-state index contributed by atoms with van der Waals surface area (Å²) in [6, 6.07) is 9.08. The molecule has 108 valence electrons. The van der Waals surface area contributed by atoms with Crippen LogP contribution in [0, 0.1) is 0 Å². The van der Waals surface area contributed by atoms with E-state index in [1.807, 2.05) is 12.4 Å². The standard InChI is InChI=1S/C17H20N4/c1-20-10-6-13(7-11-20)21-12-9-19-17(21)15-3-2-4-16-14(15)5-8-18-16/h2-5,8-9,12-13,18H,6-7,10-11H2,1H3. The highest BCUT2D eigenvalue weighted by Crippen LogP contribution is 2.31. The minimum absolute atomic E-state index is 0.563. The van der Waals surface area contributed by atoms with Crippen LogP contribution in [-0.2, 0) is 0 Å². The first kappa shape index (κ1) is 12.7. The molecule has 0 atom stereocenters. The maximum atomic E-state index is 4.65. The molecule has 0 radical (unpaired) electrons. The molecule has 0 spiro atoms. The second-order valence-electron chi connectivity index (χ2n) is 5.94. The summed E-state index contributed by atoms with van der Waals surface area (Å²) in [5.74, 6) is 1.09. The minimum atomic E-state index is 0.563. The summed E-state index contributed by atoms with van der Waals surface area (Å²) in [5.41, 5.74) is 2.39. The molecular formula is C17H20N4. The van der Waals surface area contributed by atoms with Gasteiger partial charge >= 0.3 is 0 Å². The number of fused-ring (bicyclic) bond motifs is 1. The van der Waals surface area contributed by atoms with Crippen LogP contribution in [0.1, 0.15) is 18.9 Å². The fraction of sp³-hybridized carbons (Fsp3) is 0.353. The number of aromatic nitrogens is 3. The number of hydrogen-bond acceptors (Lipinski definition) is 2. The van der Waals surface area contributed by atoms with E-state index in [2.05, 4.69) is 56.9 Å². The van der Waals surface area contributed by atoms with Crippen molar-refractivity contribution in [2.45, 2.75) is 18.9 Å². The van der Waals surface area contributed by atoms with Crippen molar-refractivity contribution in [1.82, 2.24) is 19.4 Å². The number of imidazole rings is 1. The molecule has 0 bridgehead atoms. The van der Waals surface area contributed by atoms with Crippen LogP contribution in [0.4, 0.5) is 0 Å². The van der Waals surface area contributed by atoms with Gasteiger partial charge in [0.15, 0.2) is 0 Å². The van der Waals surface area contributed by atoms with E-state index in [4.69, 9.17) is 0 Å². The molecule has 1 N–H and O–H groups in total. The Bertz CT molecular complexity index is 747. The van der Waals surface area contributed by atoms with Gasteiger partial charge in [-0.1, -0.05) is 12.1 Å². The first-order chi connectivity index (χ1) is 10.3. The first-order valence-electron chi connectivity index (χ1n) is 7.61. The van der Waals surface area contributed by atoms with Gasteiger partial charge in [0.2, 0.25) is 0 Å². The third-order valence-electron chi connectivity index (χ3n) is 4.59. The van der Waals surface area contributed by atoms with E-state index in [-0.39, 0.29) is 0 Å². The van der Waals surface area contributed by atoms with Crippen LogP contribution in [0.15, 0.2) is 42.9 Å². The number of H-pyrrole nitrogens is 1. The van der Waals surface area contributed by atoms with E-state index in [0.717, 1.165) is 18.9 Å². The van der Waals surface area contributed by atoms with Gasteiger partial charge in [0, 0.05) is 41.1 Å². The summed E-state index contributed by atoms with van der Waals surface area (Å²) >= 11 is 0. The van der Waals surface area contributed by atoms with Crippen molar-refractivity contribution < 1.29 is 0 Å². The quantitative estimate of drug-likeness (QED) is 0.782. The third kappa shape index (κ3) is 2.16. The van der Waals surface area contributed by atoms with Gasteiger partial charge < -0.3 is 14.5 Å². The second kappa shape index (κ2) is 5.04. The highest BCUT2D eigenvalue weighted by atomic mass is 15.1. The van der Waals surface area contributed by atoms with Crippen molar-refractivity contribution in [3.05, 3.63) is 42.9 Å². The van der Waals surface area contributed by atoms with Gasteiger partial charge in [-0.3, -0.25) is 0 Å². The van der Waals surface area contributed by atoms with E-state index in [9.17, 15) is 0 Å². The van der Waals surface area contributed by atoms with Crippen molar-refractivity contribution in [3.8, 4) is 11.4 Å². The van der Waals surface area contributed by atoms with Crippen LogP contribution in [0.25, 0.3) is 22.3 Å².